The van der Waals surface area contributed by atoms with Crippen LogP contribution in [0.25, 0.3) is 37.9 Å². The zero-order valence-corrected chi connectivity index (χ0v) is 20.5. The molecular weight excluding hydrogens is 446 g/mol. The van der Waals surface area contributed by atoms with Crippen molar-refractivity contribution in [3.63, 3.8) is 0 Å². The first kappa shape index (κ1) is 20.8. The van der Waals surface area contributed by atoms with E-state index in [9.17, 15) is 0 Å². The number of rotatable bonds is 2. The molecule has 0 saturated carbocycles. The largest absolute Gasteiger partial charge is 0.357 e. The predicted octanol–water partition coefficient (Wildman–Crippen LogP) is 8.72. The summed E-state index contributed by atoms with van der Waals surface area (Å²) in [6.45, 7) is 0. The molecule has 1 heteroatoms. The molecule has 4 unspecified atom stereocenters. The highest BCUT2D eigenvalue weighted by Gasteiger charge is 2.46. The van der Waals surface area contributed by atoms with Crippen LogP contribution in [-0.4, -0.2) is 12.1 Å². The van der Waals surface area contributed by atoms with E-state index in [1.807, 2.05) is 0 Å². The van der Waals surface area contributed by atoms with Crippen LogP contribution in [0, 0.1) is 11.8 Å². The third-order valence-corrected chi connectivity index (χ3v) is 8.61. The van der Waals surface area contributed by atoms with Crippen LogP contribution in [-0.2, 0) is 0 Å². The van der Waals surface area contributed by atoms with Gasteiger partial charge < -0.3 is 4.90 Å². The molecule has 0 amide bonds. The first-order valence-electron chi connectivity index (χ1n) is 13.3. The van der Waals surface area contributed by atoms with Crippen molar-refractivity contribution < 1.29 is 0 Å². The minimum Gasteiger partial charge on any atom is -0.357 e. The van der Waals surface area contributed by atoms with Gasteiger partial charge in [-0.3, -0.25) is 0 Å². The third kappa shape index (κ3) is 3.10. The van der Waals surface area contributed by atoms with Gasteiger partial charge in [0.1, 0.15) is 0 Å². The van der Waals surface area contributed by atoms with E-state index in [-0.39, 0.29) is 0 Å². The molecule has 1 heterocycles. The van der Waals surface area contributed by atoms with Crippen molar-refractivity contribution in [3.05, 3.63) is 145 Å². The van der Waals surface area contributed by atoms with Crippen LogP contribution in [0.5, 0.6) is 0 Å². The Hall–Kier alpha value is -4.36. The van der Waals surface area contributed by atoms with Gasteiger partial charge in [0.05, 0.1) is 12.1 Å². The number of para-hydroxylation sites is 1. The Bertz CT molecular complexity index is 1770. The van der Waals surface area contributed by atoms with Gasteiger partial charge in [0.25, 0.3) is 0 Å². The summed E-state index contributed by atoms with van der Waals surface area (Å²) in [5.74, 6) is 0.913. The lowest BCUT2D eigenvalue weighted by atomic mass is 9.80. The van der Waals surface area contributed by atoms with Crippen LogP contribution in [0.1, 0.15) is 5.56 Å². The summed E-state index contributed by atoms with van der Waals surface area (Å²) in [5, 5.41) is 7.97. The van der Waals surface area contributed by atoms with E-state index >= 15 is 0 Å². The predicted molar refractivity (Wildman–Crippen MR) is 158 cm³/mol. The molecule has 2 aliphatic carbocycles. The summed E-state index contributed by atoms with van der Waals surface area (Å²) < 4.78 is 0. The highest BCUT2D eigenvalue weighted by Crippen LogP contribution is 2.46. The van der Waals surface area contributed by atoms with Crippen LogP contribution >= 0.6 is 0 Å². The molecular formula is C36H27N. The van der Waals surface area contributed by atoms with Crippen molar-refractivity contribution in [3.8, 4) is 0 Å². The van der Waals surface area contributed by atoms with Gasteiger partial charge in [-0.1, -0.05) is 121 Å². The molecule has 0 aromatic heterocycles. The van der Waals surface area contributed by atoms with Crippen LogP contribution in [0.3, 0.4) is 0 Å². The first-order chi connectivity index (χ1) is 18.4. The minimum atomic E-state index is 0.360. The van der Waals surface area contributed by atoms with Gasteiger partial charge in [0, 0.05) is 17.5 Å². The molecule has 1 nitrogen and oxygen atoms in total. The molecule has 1 fully saturated rings. The standard InChI is InChI=1S/C36H27N/c1-2-10-26(11-3-1)37-35-17-9-8-16-32(35)34-23-25(19-21-36(34)37)24-18-20-31-29-14-5-4-12-27(29)28-13-6-7-15-30(28)33(31)22-24/h1-23,32,34-36H. The molecule has 0 N–H and O–H groups in total. The topological polar surface area (TPSA) is 3.24 Å². The highest BCUT2D eigenvalue weighted by molar-refractivity contribution is 6.25. The second kappa shape index (κ2) is 8.08. The lowest BCUT2D eigenvalue weighted by Gasteiger charge is -2.32. The van der Waals surface area contributed by atoms with Crippen LogP contribution < -0.4 is 4.90 Å². The molecule has 176 valence electrons. The van der Waals surface area contributed by atoms with Crippen molar-refractivity contribution in [2.24, 2.45) is 11.8 Å². The number of allylic oxidation sites excluding steroid dienone is 4. The Morgan fingerprint density at radius 3 is 1.81 bits per heavy atom. The van der Waals surface area contributed by atoms with E-state index in [0.29, 0.717) is 23.9 Å². The number of anilines is 1. The van der Waals surface area contributed by atoms with Crippen molar-refractivity contribution >= 4 is 43.6 Å². The summed E-state index contributed by atoms with van der Waals surface area (Å²) in [7, 11) is 0. The van der Waals surface area contributed by atoms with Gasteiger partial charge in [-0.15, -0.1) is 0 Å². The van der Waals surface area contributed by atoms with Gasteiger partial charge in [0.2, 0.25) is 0 Å². The van der Waals surface area contributed by atoms with E-state index in [0.717, 1.165) is 0 Å². The normalized spacial score (nSPS) is 24.0. The van der Waals surface area contributed by atoms with Gasteiger partial charge in [-0.2, -0.15) is 0 Å². The maximum atomic E-state index is 2.61. The molecule has 0 radical (unpaired) electrons. The Balaban J connectivity index is 1.27. The minimum absolute atomic E-state index is 0.360. The second-order valence-electron chi connectivity index (χ2n) is 10.5. The zero-order chi connectivity index (χ0) is 24.3. The Labute approximate surface area is 217 Å². The summed E-state index contributed by atoms with van der Waals surface area (Å²) in [6.07, 6.45) is 16.6. The first-order valence-corrected chi connectivity index (χ1v) is 13.3. The average Bonchev–Trinajstić information content (AvgIpc) is 3.31. The summed E-state index contributed by atoms with van der Waals surface area (Å²) in [5.41, 5.74) is 3.93. The van der Waals surface area contributed by atoms with E-state index in [1.165, 1.54) is 49.1 Å². The van der Waals surface area contributed by atoms with Crippen LogP contribution in [0.15, 0.2) is 140 Å². The zero-order valence-electron chi connectivity index (χ0n) is 20.5. The van der Waals surface area contributed by atoms with Crippen molar-refractivity contribution in [2.75, 3.05) is 4.90 Å². The number of fused-ring (bicyclic) bond motifs is 9. The Morgan fingerprint density at radius 2 is 1.08 bits per heavy atom. The van der Waals surface area contributed by atoms with Gasteiger partial charge in [-0.25, -0.2) is 0 Å². The third-order valence-electron chi connectivity index (χ3n) is 8.61. The lowest BCUT2D eigenvalue weighted by molar-refractivity contribution is 0.528. The quantitative estimate of drug-likeness (QED) is 0.232. The molecule has 0 bridgehead atoms. The lowest BCUT2D eigenvalue weighted by Crippen LogP contribution is -2.36. The number of hydrogen-bond donors (Lipinski definition) is 0. The molecule has 1 saturated heterocycles. The number of benzene rings is 5. The molecule has 4 atom stereocenters. The van der Waals surface area contributed by atoms with E-state index in [1.54, 1.807) is 0 Å². The maximum absolute atomic E-state index is 2.61. The SMILES string of the molecule is C1=CC2C3C=C(c4ccc5c6ccccc6c6ccccc6c5c4)C=CC3N(c3ccccc3)C2C=C1. The van der Waals surface area contributed by atoms with E-state index < -0.39 is 0 Å². The Morgan fingerprint density at radius 1 is 0.486 bits per heavy atom. The van der Waals surface area contributed by atoms with Crippen molar-refractivity contribution in [1.82, 2.24) is 0 Å². The average molecular weight is 474 g/mol. The summed E-state index contributed by atoms with van der Waals surface area (Å²) in [4.78, 5) is 2.61. The molecule has 3 aliphatic rings. The van der Waals surface area contributed by atoms with Crippen molar-refractivity contribution in [2.45, 2.75) is 12.1 Å². The monoisotopic (exact) mass is 473 g/mol. The summed E-state index contributed by atoms with van der Waals surface area (Å²) >= 11 is 0. The molecule has 37 heavy (non-hydrogen) atoms. The van der Waals surface area contributed by atoms with E-state index in [2.05, 4.69) is 144 Å². The second-order valence-corrected chi connectivity index (χ2v) is 10.5. The number of hydrogen-bond acceptors (Lipinski definition) is 1. The van der Waals surface area contributed by atoms with Crippen LogP contribution in [0.2, 0.25) is 0 Å². The van der Waals surface area contributed by atoms with Crippen molar-refractivity contribution in [1.29, 1.82) is 0 Å². The van der Waals surface area contributed by atoms with E-state index in [4.69, 9.17) is 0 Å². The maximum Gasteiger partial charge on any atom is 0.0552 e. The molecule has 0 spiro atoms. The van der Waals surface area contributed by atoms with Gasteiger partial charge in [-0.05, 0) is 61.7 Å². The fourth-order valence-electron chi connectivity index (χ4n) is 6.98. The van der Waals surface area contributed by atoms with Gasteiger partial charge in [0.15, 0.2) is 0 Å². The summed E-state index contributed by atoms with van der Waals surface area (Å²) in [6, 6.07) is 36.3. The Kier molecular flexibility index (Phi) is 4.54. The molecule has 1 aliphatic heterocycles. The fraction of sp³-hybridized carbons (Fsp3) is 0.111. The molecule has 8 rings (SSSR count). The molecule has 5 aromatic rings. The van der Waals surface area contributed by atoms with Gasteiger partial charge >= 0.3 is 0 Å². The number of nitrogens with zero attached hydrogens (tertiary/aromatic N) is 1. The molecule has 5 aromatic carbocycles. The highest BCUT2D eigenvalue weighted by atomic mass is 15.2. The smallest absolute Gasteiger partial charge is 0.0552 e. The fourth-order valence-corrected chi connectivity index (χ4v) is 6.98. The van der Waals surface area contributed by atoms with Crippen LogP contribution in [0.4, 0.5) is 5.69 Å².